The molecule has 0 heterocycles. The number of halogens is 2. The average Bonchev–Trinajstić information content (AvgIpc) is 2.48. The molecule has 1 aromatic carbocycles. The van der Waals surface area contributed by atoms with Gasteiger partial charge in [-0.25, -0.2) is 13.6 Å². The van der Waals surface area contributed by atoms with Crippen molar-refractivity contribution in [3.8, 4) is 0 Å². The topological polar surface area (TPSA) is 75.6 Å². The zero-order chi connectivity index (χ0) is 18.1. The summed E-state index contributed by atoms with van der Waals surface area (Å²) < 4.78 is 32.1. The van der Waals surface area contributed by atoms with Gasteiger partial charge in [0.1, 0.15) is 17.2 Å². The molecule has 2 rings (SSSR count). The lowest BCUT2D eigenvalue weighted by Crippen LogP contribution is -2.76. The van der Waals surface area contributed by atoms with Gasteiger partial charge in [-0.15, -0.1) is 0 Å². The molecular weight excluding hydrogens is 320 g/mol. The Balaban J connectivity index is 2.14. The van der Waals surface area contributed by atoms with E-state index < -0.39 is 34.5 Å². The molecule has 1 amide bonds. The van der Waals surface area contributed by atoms with Gasteiger partial charge in [0.05, 0.1) is 12.5 Å². The van der Waals surface area contributed by atoms with Gasteiger partial charge in [-0.05, 0) is 18.6 Å². The highest BCUT2D eigenvalue weighted by Gasteiger charge is 2.66. The predicted octanol–water partition coefficient (Wildman–Crippen LogP) is 2.28. The Hall–Kier alpha value is -2.02. The second kappa shape index (κ2) is 6.47. The van der Waals surface area contributed by atoms with E-state index in [0.717, 1.165) is 6.07 Å². The van der Waals surface area contributed by atoms with Gasteiger partial charge < -0.3 is 15.2 Å². The molecule has 0 spiro atoms. The van der Waals surface area contributed by atoms with Crippen molar-refractivity contribution in [2.45, 2.75) is 45.3 Å². The summed E-state index contributed by atoms with van der Waals surface area (Å²) in [5.74, 6) is -3.37. The molecule has 2 atom stereocenters. The largest absolute Gasteiger partial charge is 0.479 e. The third-order valence-corrected chi connectivity index (χ3v) is 4.85. The summed E-state index contributed by atoms with van der Waals surface area (Å²) in [4.78, 5) is 24.0. The molecule has 24 heavy (non-hydrogen) atoms. The smallest absolute Gasteiger partial charge is 0.330 e. The second-order valence-electron chi connectivity index (χ2n) is 6.54. The van der Waals surface area contributed by atoms with Crippen LogP contribution in [0.1, 0.15) is 32.8 Å². The van der Waals surface area contributed by atoms with Crippen LogP contribution in [0.3, 0.4) is 0 Å². The molecule has 1 fully saturated rings. The molecule has 2 N–H and O–H groups in total. The van der Waals surface area contributed by atoms with Gasteiger partial charge in [-0.3, -0.25) is 4.79 Å². The number of carbonyl (C=O) groups is 2. The summed E-state index contributed by atoms with van der Waals surface area (Å²) in [7, 11) is 0. The molecule has 0 saturated heterocycles. The maximum Gasteiger partial charge on any atom is 0.330 e. The van der Waals surface area contributed by atoms with Crippen molar-refractivity contribution in [2.75, 3.05) is 6.61 Å². The normalized spacial score (nSPS) is 25.0. The third kappa shape index (κ3) is 3.00. The van der Waals surface area contributed by atoms with E-state index in [1.54, 1.807) is 13.8 Å². The standard InChI is InChI=1S/C17H21F2NO4/c1-4-24-13-9-17(15(22)23,16(13,2)3)20-14(21)7-10-5-6-11(18)8-12(10)19/h5-6,8,13H,4,7,9H2,1-3H3,(H,20,21)(H,22,23). The van der Waals surface area contributed by atoms with Gasteiger partial charge in [0.15, 0.2) is 0 Å². The molecule has 0 aromatic heterocycles. The first-order valence-electron chi connectivity index (χ1n) is 7.74. The number of nitrogens with one attached hydrogen (secondary N) is 1. The first-order chi connectivity index (χ1) is 11.1. The zero-order valence-electron chi connectivity index (χ0n) is 13.9. The number of hydrogen-bond donors (Lipinski definition) is 2. The molecular formula is C17H21F2NO4. The van der Waals surface area contributed by atoms with Gasteiger partial charge in [-0.1, -0.05) is 19.9 Å². The number of ether oxygens (including phenoxy) is 1. The minimum atomic E-state index is -1.47. The van der Waals surface area contributed by atoms with Gasteiger partial charge in [0, 0.05) is 24.5 Å². The van der Waals surface area contributed by atoms with Crippen LogP contribution in [0.25, 0.3) is 0 Å². The maximum absolute atomic E-state index is 13.7. The molecule has 132 valence electrons. The number of rotatable bonds is 6. The van der Waals surface area contributed by atoms with Crippen molar-refractivity contribution < 1.29 is 28.2 Å². The van der Waals surface area contributed by atoms with E-state index in [4.69, 9.17) is 4.74 Å². The summed E-state index contributed by atoms with van der Waals surface area (Å²) in [6, 6.07) is 2.91. The fourth-order valence-electron chi connectivity index (χ4n) is 3.16. The predicted molar refractivity (Wildman–Crippen MR) is 82.4 cm³/mol. The van der Waals surface area contributed by atoms with Gasteiger partial charge in [0.2, 0.25) is 5.91 Å². The van der Waals surface area contributed by atoms with Crippen molar-refractivity contribution in [1.29, 1.82) is 0 Å². The molecule has 0 bridgehead atoms. The van der Waals surface area contributed by atoms with Crippen LogP contribution in [0.4, 0.5) is 8.78 Å². The highest BCUT2D eigenvalue weighted by Crippen LogP contribution is 2.51. The van der Waals surface area contributed by atoms with E-state index in [1.165, 1.54) is 6.07 Å². The fourth-order valence-corrected chi connectivity index (χ4v) is 3.16. The number of hydrogen-bond acceptors (Lipinski definition) is 3. The number of benzene rings is 1. The number of carbonyl (C=O) groups excluding carboxylic acids is 1. The maximum atomic E-state index is 13.7. The van der Waals surface area contributed by atoms with Crippen LogP contribution in [0.15, 0.2) is 18.2 Å². The SMILES string of the molecule is CCOC1CC(NC(=O)Cc2ccc(F)cc2F)(C(=O)O)C1(C)C. The van der Waals surface area contributed by atoms with E-state index in [0.29, 0.717) is 12.7 Å². The second-order valence-corrected chi connectivity index (χ2v) is 6.54. The van der Waals surface area contributed by atoms with Gasteiger partial charge >= 0.3 is 5.97 Å². The van der Waals surface area contributed by atoms with E-state index >= 15 is 0 Å². The van der Waals surface area contributed by atoms with Crippen molar-refractivity contribution in [3.05, 3.63) is 35.4 Å². The summed E-state index contributed by atoms with van der Waals surface area (Å²) >= 11 is 0. The monoisotopic (exact) mass is 341 g/mol. The number of amides is 1. The van der Waals surface area contributed by atoms with E-state index in [-0.39, 0.29) is 24.5 Å². The molecule has 2 unspecified atom stereocenters. The minimum absolute atomic E-state index is 0.00734. The fraction of sp³-hybridized carbons (Fsp3) is 0.529. The van der Waals surface area contributed by atoms with Crippen LogP contribution in [0.2, 0.25) is 0 Å². The summed E-state index contributed by atoms with van der Waals surface area (Å²) in [5.41, 5.74) is -2.28. The molecule has 0 aliphatic heterocycles. The first kappa shape index (κ1) is 18.3. The number of carboxylic acid groups (broad SMARTS) is 1. The quantitative estimate of drug-likeness (QED) is 0.832. The van der Waals surface area contributed by atoms with Crippen LogP contribution in [-0.4, -0.2) is 35.2 Å². The molecule has 0 radical (unpaired) electrons. The highest BCUT2D eigenvalue weighted by atomic mass is 19.1. The molecule has 1 saturated carbocycles. The molecule has 7 heteroatoms. The van der Waals surface area contributed by atoms with Gasteiger partial charge in [0.25, 0.3) is 0 Å². The highest BCUT2D eigenvalue weighted by molar-refractivity contribution is 5.90. The van der Waals surface area contributed by atoms with Crippen molar-refractivity contribution in [1.82, 2.24) is 5.32 Å². The minimum Gasteiger partial charge on any atom is -0.479 e. The Kier molecular flexibility index (Phi) is 4.94. The third-order valence-electron chi connectivity index (χ3n) is 4.85. The molecule has 1 aliphatic carbocycles. The van der Waals surface area contributed by atoms with E-state index in [2.05, 4.69) is 5.32 Å². The Labute approximate surface area is 139 Å². The van der Waals surface area contributed by atoms with E-state index in [1.807, 2.05) is 6.92 Å². The van der Waals surface area contributed by atoms with Crippen LogP contribution < -0.4 is 5.32 Å². The van der Waals surface area contributed by atoms with Crippen LogP contribution in [-0.2, 0) is 20.7 Å². The summed E-state index contributed by atoms with van der Waals surface area (Å²) in [6.07, 6.45) is -0.515. The first-order valence-corrected chi connectivity index (χ1v) is 7.74. The average molecular weight is 341 g/mol. The van der Waals surface area contributed by atoms with Crippen LogP contribution in [0, 0.1) is 17.0 Å². The van der Waals surface area contributed by atoms with Crippen LogP contribution in [0.5, 0.6) is 0 Å². The Morgan fingerprint density at radius 3 is 2.54 bits per heavy atom. The Morgan fingerprint density at radius 2 is 2.04 bits per heavy atom. The lowest BCUT2D eigenvalue weighted by atomic mass is 9.54. The van der Waals surface area contributed by atoms with Gasteiger partial charge in [-0.2, -0.15) is 0 Å². The number of aliphatic carboxylic acids is 1. The molecule has 1 aliphatic rings. The molecule has 1 aromatic rings. The lowest BCUT2D eigenvalue weighted by Gasteiger charge is -2.58. The van der Waals surface area contributed by atoms with Crippen molar-refractivity contribution in [2.24, 2.45) is 5.41 Å². The number of carboxylic acids is 1. The zero-order valence-corrected chi connectivity index (χ0v) is 13.9. The Bertz CT molecular complexity index is 662. The van der Waals surface area contributed by atoms with Crippen molar-refractivity contribution >= 4 is 11.9 Å². The molecule has 5 nitrogen and oxygen atoms in total. The van der Waals surface area contributed by atoms with E-state index in [9.17, 15) is 23.5 Å². The Morgan fingerprint density at radius 1 is 1.38 bits per heavy atom. The van der Waals surface area contributed by atoms with Crippen molar-refractivity contribution in [3.63, 3.8) is 0 Å². The summed E-state index contributed by atoms with van der Waals surface area (Å²) in [6.45, 7) is 5.68. The lowest BCUT2D eigenvalue weighted by molar-refractivity contribution is -0.194. The van der Waals surface area contributed by atoms with Crippen LogP contribution >= 0.6 is 0 Å². The summed E-state index contributed by atoms with van der Waals surface area (Å²) in [5, 5.41) is 12.1.